The molecule has 0 atom stereocenters. The Kier molecular flexibility index (Phi) is 7.04. The Morgan fingerprint density at radius 2 is 1.36 bits per heavy atom. The molecule has 0 fully saturated rings. The second-order valence-corrected chi connectivity index (χ2v) is 3.73. The van der Waals surface area contributed by atoms with Crippen LogP contribution in [0.4, 0.5) is 0 Å². The minimum atomic E-state index is -0.801. The fraction of sp³-hybridized carbons (Fsp3) is 1.00. The maximum absolute atomic E-state index is 9.11. The van der Waals surface area contributed by atoms with Crippen LogP contribution < -0.4 is 0 Å². The highest BCUT2D eigenvalue weighted by atomic mass is 16.3. The molecule has 0 heterocycles. The molecule has 0 aliphatic heterocycles. The Hall–Kier alpha value is -0.200. The summed E-state index contributed by atoms with van der Waals surface area (Å²) in [5, 5.41) is 44.7. The number of hydrogen-bond donors (Lipinski definition) is 5. The van der Waals surface area contributed by atoms with Crippen LogP contribution in [0, 0.1) is 11.3 Å². The molecular formula is C9H20O5. The van der Waals surface area contributed by atoms with E-state index in [4.69, 9.17) is 25.5 Å². The van der Waals surface area contributed by atoms with E-state index in [1.807, 2.05) is 0 Å². The molecule has 5 N–H and O–H groups in total. The Bertz CT molecular complexity index is 131. The predicted molar refractivity (Wildman–Crippen MR) is 50.6 cm³/mol. The highest BCUT2D eigenvalue weighted by Crippen LogP contribution is 2.29. The zero-order chi connectivity index (χ0) is 11.0. The van der Waals surface area contributed by atoms with Crippen LogP contribution >= 0.6 is 0 Å². The van der Waals surface area contributed by atoms with Gasteiger partial charge in [0.25, 0.3) is 0 Å². The molecule has 0 radical (unpaired) electrons. The number of aliphatic hydroxyl groups is 5. The quantitative estimate of drug-likeness (QED) is 0.328. The highest BCUT2D eigenvalue weighted by Gasteiger charge is 2.31. The first-order valence-electron chi connectivity index (χ1n) is 4.72. The van der Waals surface area contributed by atoms with Crippen LogP contribution in [-0.4, -0.2) is 58.6 Å². The molecule has 86 valence electrons. The lowest BCUT2D eigenvalue weighted by molar-refractivity contribution is -0.00362. The van der Waals surface area contributed by atoms with E-state index in [1.54, 1.807) is 0 Å². The fourth-order valence-corrected chi connectivity index (χ4v) is 1.48. The third-order valence-corrected chi connectivity index (χ3v) is 2.55. The van der Waals surface area contributed by atoms with E-state index in [1.165, 1.54) is 0 Å². The molecule has 0 aromatic carbocycles. The monoisotopic (exact) mass is 208 g/mol. The molecule has 0 aliphatic rings. The van der Waals surface area contributed by atoms with Gasteiger partial charge in [-0.25, -0.2) is 0 Å². The average Bonchev–Trinajstić information content (AvgIpc) is 2.24. The topological polar surface area (TPSA) is 101 Å². The third-order valence-electron chi connectivity index (χ3n) is 2.55. The largest absolute Gasteiger partial charge is 0.396 e. The van der Waals surface area contributed by atoms with Gasteiger partial charge in [-0.05, 0) is 12.8 Å². The molecule has 0 amide bonds. The molecule has 0 saturated heterocycles. The van der Waals surface area contributed by atoms with Gasteiger partial charge in [-0.3, -0.25) is 0 Å². The summed E-state index contributed by atoms with van der Waals surface area (Å²) >= 11 is 0. The molecule has 0 bridgehead atoms. The molecule has 0 aromatic heterocycles. The van der Waals surface area contributed by atoms with Crippen molar-refractivity contribution in [2.45, 2.75) is 12.8 Å². The summed E-state index contributed by atoms with van der Waals surface area (Å²) in [6.45, 7) is -1.04. The van der Waals surface area contributed by atoms with E-state index in [2.05, 4.69) is 0 Å². The minimum Gasteiger partial charge on any atom is -0.396 e. The van der Waals surface area contributed by atoms with Crippen molar-refractivity contribution in [2.24, 2.45) is 11.3 Å². The smallest absolute Gasteiger partial charge is 0.0510 e. The van der Waals surface area contributed by atoms with Crippen molar-refractivity contribution in [1.29, 1.82) is 0 Å². The number of rotatable bonds is 8. The Balaban J connectivity index is 4.31. The summed E-state index contributed by atoms with van der Waals surface area (Å²) < 4.78 is 0. The van der Waals surface area contributed by atoms with Crippen LogP contribution in [0.3, 0.4) is 0 Å². The molecule has 0 aromatic rings. The lowest BCUT2D eigenvalue weighted by atomic mass is 9.78. The van der Waals surface area contributed by atoms with Crippen LogP contribution in [-0.2, 0) is 0 Å². The first kappa shape index (κ1) is 13.8. The molecule has 0 aliphatic carbocycles. The van der Waals surface area contributed by atoms with Crippen molar-refractivity contribution < 1.29 is 25.5 Å². The van der Waals surface area contributed by atoms with Crippen LogP contribution in [0.2, 0.25) is 0 Å². The van der Waals surface area contributed by atoms with Gasteiger partial charge in [0, 0.05) is 31.2 Å². The van der Waals surface area contributed by atoms with Crippen LogP contribution in [0.15, 0.2) is 0 Å². The van der Waals surface area contributed by atoms with E-state index in [0.29, 0.717) is 6.42 Å². The number of aliphatic hydroxyl groups excluding tert-OH is 5. The van der Waals surface area contributed by atoms with Crippen molar-refractivity contribution in [3.8, 4) is 0 Å². The Morgan fingerprint density at radius 1 is 0.857 bits per heavy atom. The molecule has 0 saturated carbocycles. The summed E-state index contributed by atoms with van der Waals surface area (Å²) in [5.41, 5.74) is -0.801. The zero-order valence-electron chi connectivity index (χ0n) is 8.26. The minimum absolute atomic E-state index is 0.134. The lowest BCUT2D eigenvalue weighted by Crippen LogP contribution is -2.35. The Labute approximate surface area is 83.6 Å². The maximum atomic E-state index is 9.11. The van der Waals surface area contributed by atoms with Gasteiger partial charge in [0.2, 0.25) is 0 Å². The number of hydrogen-bond acceptors (Lipinski definition) is 5. The molecule has 0 spiro atoms. The van der Waals surface area contributed by atoms with E-state index in [-0.39, 0.29) is 45.4 Å². The van der Waals surface area contributed by atoms with Gasteiger partial charge in [0.05, 0.1) is 13.2 Å². The first-order chi connectivity index (χ1) is 6.67. The predicted octanol–water partition coefficient (Wildman–Crippen LogP) is -1.67. The van der Waals surface area contributed by atoms with Crippen molar-refractivity contribution >= 4 is 0 Å². The molecular weight excluding hydrogens is 188 g/mol. The van der Waals surface area contributed by atoms with E-state index in [0.717, 1.165) is 0 Å². The van der Waals surface area contributed by atoms with Gasteiger partial charge >= 0.3 is 0 Å². The lowest BCUT2D eigenvalue weighted by Gasteiger charge is -2.31. The van der Waals surface area contributed by atoms with E-state index in [9.17, 15) is 0 Å². The van der Waals surface area contributed by atoms with Gasteiger partial charge < -0.3 is 25.5 Å². The van der Waals surface area contributed by atoms with Crippen molar-refractivity contribution in [3.05, 3.63) is 0 Å². The van der Waals surface area contributed by atoms with Gasteiger partial charge in [0.1, 0.15) is 0 Å². The summed E-state index contributed by atoms with van der Waals surface area (Å²) in [7, 11) is 0. The van der Waals surface area contributed by atoms with E-state index < -0.39 is 5.41 Å². The SMILES string of the molecule is OCCC(CO)(CO)CC(CO)CO. The molecule has 5 heteroatoms. The summed E-state index contributed by atoms with van der Waals surface area (Å²) in [6, 6.07) is 0. The molecule has 0 unspecified atom stereocenters. The van der Waals surface area contributed by atoms with E-state index >= 15 is 0 Å². The van der Waals surface area contributed by atoms with Gasteiger partial charge in [-0.2, -0.15) is 0 Å². The highest BCUT2D eigenvalue weighted by molar-refractivity contribution is 4.80. The maximum Gasteiger partial charge on any atom is 0.0510 e. The van der Waals surface area contributed by atoms with Crippen molar-refractivity contribution in [3.63, 3.8) is 0 Å². The van der Waals surface area contributed by atoms with Crippen LogP contribution in [0.1, 0.15) is 12.8 Å². The van der Waals surface area contributed by atoms with Crippen LogP contribution in [0.25, 0.3) is 0 Å². The van der Waals surface area contributed by atoms with Gasteiger partial charge in [0.15, 0.2) is 0 Å². The average molecular weight is 208 g/mol. The standard InChI is InChI=1S/C9H20O5/c10-2-1-9(6-13,7-14)3-8(4-11)5-12/h8,10-14H,1-7H2. The molecule has 5 nitrogen and oxygen atoms in total. The normalized spacial score (nSPS) is 12.4. The van der Waals surface area contributed by atoms with Crippen LogP contribution in [0.5, 0.6) is 0 Å². The van der Waals surface area contributed by atoms with Crippen molar-refractivity contribution in [2.75, 3.05) is 33.0 Å². The molecule has 0 rings (SSSR count). The summed E-state index contributed by atoms with van der Waals surface area (Å²) in [4.78, 5) is 0. The third kappa shape index (κ3) is 3.89. The summed E-state index contributed by atoms with van der Waals surface area (Å²) in [6.07, 6.45) is 0.560. The zero-order valence-corrected chi connectivity index (χ0v) is 8.26. The fourth-order valence-electron chi connectivity index (χ4n) is 1.48. The second kappa shape index (κ2) is 7.14. The first-order valence-corrected chi connectivity index (χ1v) is 4.72. The second-order valence-electron chi connectivity index (χ2n) is 3.73. The summed E-state index contributed by atoms with van der Waals surface area (Å²) in [5.74, 6) is -0.360. The molecule has 14 heavy (non-hydrogen) atoms. The van der Waals surface area contributed by atoms with Gasteiger partial charge in [-0.15, -0.1) is 0 Å². The van der Waals surface area contributed by atoms with Crippen molar-refractivity contribution in [1.82, 2.24) is 0 Å². The Morgan fingerprint density at radius 3 is 1.64 bits per heavy atom. The van der Waals surface area contributed by atoms with Gasteiger partial charge in [-0.1, -0.05) is 0 Å².